The topological polar surface area (TPSA) is 9.23 Å². The van der Waals surface area contributed by atoms with Crippen molar-refractivity contribution in [2.24, 2.45) is 0 Å². The molecule has 0 unspecified atom stereocenters. The first kappa shape index (κ1) is 8.85. The third-order valence-electron chi connectivity index (χ3n) is 1.93. The summed E-state index contributed by atoms with van der Waals surface area (Å²) in [5, 5.41) is 0. The van der Waals surface area contributed by atoms with E-state index in [1.807, 2.05) is 6.07 Å². The van der Waals surface area contributed by atoms with Crippen molar-refractivity contribution < 1.29 is 4.74 Å². The van der Waals surface area contributed by atoms with E-state index in [-0.39, 0.29) is 0 Å². The average molecular weight is 162 g/mol. The third-order valence-corrected chi connectivity index (χ3v) is 1.93. The lowest BCUT2D eigenvalue weighted by Crippen LogP contribution is -1.89. The van der Waals surface area contributed by atoms with E-state index in [2.05, 4.69) is 25.6 Å². The predicted octanol–water partition coefficient (Wildman–Crippen LogP) is 2.90. The summed E-state index contributed by atoms with van der Waals surface area (Å²) in [7, 11) is 1.68. The van der Waals surface area contributed by atoms with Crippen molar-refractivity contribution in [2.75, 3.05) is 7.11 Å². The van der Waals surface area contributed by atoms with Gasteiger partial charge in [-0.25, -0.2) is 0 Å². The molecule has 0 atom stereocenters. The first-order chi connectivity index (χ1) is 5.81. The van der Waals surface area contributed by atoms with Crippen molar-refractivity contribution in [3.05, 3.63) is 35.9 Å². The fraction of sp³-hybridized carbons (Fsp3) is 0.273. The second-order valence-corrected chi connectivity index (χ2v) is 2.63. The van der Waals surface area contributed by atoms with Gasteiger partial charge in [0.2, 0.25) is 0 Å². The quantitative estimate of drug-likeness (QED) is 0.664. The zero-order chi connectivity index (χ0) is 8.97. The fourth-order valence-electron chi connectivity index (χ4n) is 1.14. The van der Waals surface area contributed by atoms with E-state index in [0.717, 1.165) is 17.7 Å². The van der Waals surface area contributed by atoms with Crippen LogP contribution in [0.3, 0.4) is 0 Å². The molecule has 0 aliphatic carbocycles. The molecule has 1 rings (SSSR count). The summed E-state index contributed by atoms with van der Waals surface area (Å²) in [5.74, 6) is 0.907. The maximum Gasteiger partial charge on any atom is 0.126 e. The van der Waals surface area contributed by atoms with E-state index >= 15 is 0 Å². The Hall–Kier alpha value is -1.24. The lowest BCUT2D eigenvalue weighted by molar-refractivity contribution is 0.413. The lowest BCUT2D eigenvalue weighted by Gasteiger charge is -2.05. The Balaban J connectivity index is 3.10. The summed E-state index contributed by atoms with van der Waals surface area (Å²) in [4.78, 5) is 0. The Morgan fingerprint density at radius 3 is 2.75 bits per heavy atom. The molecule has 0 saturated carbocycles. The van der Waals surface area contributed by atoms with E-state index in [1.54, 1.807) is 13.2 Å². The van der Waals surface area contributed by atoms with Gasteiger partial charge in [0.05, 0.1) is 7.11 Å². The molecule has 0 fully saturated rings. The van der Waals surface area contributed by atoms with Gasteiger partial charge in [-0.2, -0.15) is 0 Å². The Bertz CT molecular complexity index is 276. The van der Waals surface area contributed by atoms with Gasteiger partial charge >= 0.3 is 0 Å². The van der Waals surface area contributed by atoms with Crippen LogP contribution in [0.1, 0.15) is 18.1 Å². The maximum absolute atomic E-state index is 5.21. The van der Waals surface area contributed by atoms with Crippen LogP contribution in [0.2, 0.25) is 0 Å². The van der Waals surface area contributed by atoms with Crippen LogP contribution >= 0.6 is 0 Å². The van der Waals surface area contributed by atoms with Gasteiger partial charge in [-0.3, -0.25) is 0 Å². The minimum Gasteiger partial charge on any atom is -0.496 e. The molecule has 0 aliphatic heterocycles. The van der Waals surface area contributed by atoms with Crippen molar-refractivity contribution >= 4 is 6.08 Å². The van der Waals surface area contributed by atoms with E-state index in [9.17, 15) is 0 Å². The second kappa shape index (κ2) is 3.96. The number of hydrogen-bond acceptors (Lipinski definition) is 1. The number of ether oxygens (including phenoxy) is 1. The molecule has 1 aromatic carbocycles. The highest BCUT2D eigenvalue weighted by Crippen LogP contribution is 2.21. The van der Waals surface area contributed by atoms with Gasteiger partial charge in [0, 0.05) is 5.56 Å². The van der Waals surface area contributed by atoms with Gasteiger partial charge in [0.15, 0.2) is 0 Å². The third kappa shape index (κ3) is 1.67. The monoisotopic (exact) mass is 162 g/mol. The van der Waals surface area contributed by atoms with Gasteiger partial charge in [-0.15, -0.1) is 0 Å². The zero-order valence-corrected chi connectivity index (χ0v) is 7.63. The normalized spacial score (nSPS) is 9.50. The summed E-state index contributed by atoms with van der Waals surface area (Å²) in [6, 6.07) is 6.18. The Morgan fingerprint density at radius 2 is 2.25 bits per heavy atom. The van der Waals surface area contributed by atoms with Crippen LogP contribution in [0.15, 0.2) is 24.8 Å². The first-order valence-corrected chi connectivity index (χ1v) is 4.11. The van der Waals surface area contributed by atoms with Gasteiger partial charge in [0.1, 0.15) is 5.75 Å². The minimum atomic E-state index is 0.907. The highest BCUT2D eigenvalue weighted by molar-refractivity contribution is 5.56. The molecule has 12 heavy (non-hydrogen) atoms. The number of methoxy groups -OCH3 is 1. The summed E-state index contributed by atoms with van der Waals surface area (Å²) in [6.07, 6.45) is 2.84. The van der Waals surface area contributed by atoms with E-state index in [0.29, 0.717) is 0 Å². The molecule has 1 nitrogen and oxygen atoms in total. The molecule has 0 radical (unpaired) electrons. The van der Waals surface area contributed by atoms with Crippen molar-refractivity contribution in [3.63, 3.8) is 0 Å². The summed E-state index contributed by atoms with van der Waals surface area (Å²) < 4.78 is 5.21. The first-order valence-electron chi connectivity index (χ1n) is 4.11. The van der Waals surface area contributed by atoms with Gasteiger partial charge < -0.3 is 4.74 Å². The largest absolute Gasteiger partial charge is 0.496 e. The lowest BCUT2D eigenvalue weighted by atomic mass is 10.1. The maximum atomic E-state index is 5.21. The van der Waals surface area contributed by atoms with Crippen molar-refractivity contribution in [2.45, 2.75) is 13.3 Å². The number of rotatable bonds is 3. The molecule has 0 aliphatic rings. The molecular formula is C11H14O. The molecular weight excluding hydrogens is 148 g/mol. The van der Waals surface area contributed by atoms with E-state index in [1.165, 1.54) is 5.56 Å². The zero-order valence-electron chi connectivity index (χ0n) is 7.63. The standard InChI is InChI=1S/C11H14O/c1-4-9-6-7-10(5-2)11(8-9)12-3/h5-8H,2,4H2,1,3H3. The molecule has 0 N–H and O–H groups in total. The SMILES string of the molecule is C=Cc1ccc(CC)cc1OC. The van der Waals surface area contributed by atoms with Crippen LogP contribution in [-0.2, 0) is 6.42 Å². The van der Waals surface area contributed by atoms with Crippen LogP contribution in [-0.4, -0.2) is 7.11 Å². The Kier molecular flexibility index (Phi) is 2.92. The molecule has 0 aromatic heterocycles. The smallest absolute Gasteiger partial charge is 0.126 e. The van der Waals surface area contributed by atoms with Crippen LogP contribution in [0.5, 0.6) is 5.75 Å². The molecule has 0 heterocycles. The molecule has 0 saturated heterocycles. The molecule has 0 amide bonds. The second-order valence-electron chi connectivity index (χ2n) is 2.63. The molecule has 1 aromatic rings. The van der Waals surface area contributed by atoms with Crippen LogP contribution in [0.25, 0.3) is 6.08 Å². The Labute approximate surface area is 73.7 Å². The summed E-state index contributed by atoms with van der Waals surface area (Å²) in [5.41, 5.74) is 2.34. The van der Waals surface area contributed by atoms with E-state index < -0.39 is 0 Å². The number of hydrogen-bond donors (Lipinski definition) is 0. The van der Waals surface area contributed by atoms with Gasteiger partial charge in [-0.1, -0.05) is 31.7 Å². The van der Waals surface area contributed by atoms with Gasteiger partial charge in [-0.05, 0) is 18.1 Å². The van der Waals surface area contributed by atoms with Crippen LogP contribution < -0.4 is 4.74 Å². The van der Waals surface area contributed by atoms with Gasteiger partial charge in [0.25, 0.3) is 0 Å². The van der Waals surface area contributed by atoms with Crippen molar-refractivity contribution in [1.29, 1.82) is 0 Å². The predicted molar refractivity (Wildman–Crippen MR) is 52.5 cm³/mol. The molecule has 0 spiro atoms. The summed E-state index contributed by atoms with van der Waals surface area (Å²) in [6.45, 7) is 5.84. The highest BCUT2D eigenvalue weighted by atomic mass is 16.5. The Morgan fingerprint density at radius 1 is 1.50 bits per heavy atom. The molecule has 64 valence electrons. The van der Waals surface area contributed by atoms with E-state index in [4.69, 9.17) is 4.74 Å². The number of benzene rings is 1. The van der Waals surface area contributed by atoms with Crippen LogP contribution in [0, 0.1) is 0 Å². The van der Waals surface area contributed by atoms with Crippen molar-refractivity contribution in [3.8, 4) is 5.75 Å². The molecule has 0 bridgehead atoms. The van der Waals surface area contributed by atoms with Crippen molar-refractivity contribution in [1.82, 2.24) is 0 Å². The van der Waals surface area contributed by atoms with Crippen LogP contribution in [0.4, 0.5) is 0 Å². The highest BCUT2D eigenvalue weighted by Gasteiger charge is 1.98. The number of aryl methyl sites for hydroxylation is 1. The average Bonchev–Trinajstić information content (AvgIpc) is 2.16. The fourth-order valence-corrected chi connectivity index (χ4v) is 1.14. The minimum absolute atomic E-state index is 0.907. The molecule has 1 heteroatoms. The summed E-state index contributed by atoms with van der Waals surface area (Å²) >= 11 is 0.